The molecule has 0 heterocycles. The van der Waals surface area contributed by atoms with Crippen LogP contribution in [0.1, 0.15) is 24.0 Å². The van der Waals surface area contributed by atoms with Gasteiger partial charge in [-0.15, -0.1) is 0 Å². The molecule has 1 fully saturated rings. The van der Waals surface area contributed by atoms with Crippen molar-refractivity contribution < 1.29 is 18.3 Å². The zero-order valence-corrected chi connectivity index (χ0v) is 12.7. The molecular formula is C14H20N2O4S. The smallest absolute Gasteiger partial charge is 0.306 e. The van der Waals surface area contributed by atoms with E-state index in [1.54, 1.807) is 0 Å². The van der Waals surface area contributed by atoms with Crippen LogP contribution in [-0.4, -0.2) is 26.0 Å². The molecule has 116 valence electrons. The standard InChI is InChI=1S/C14H20N2O4S/c1-10-3-2-4-11(5-10)8-15-21(19,20)16-9-12-6-13(7-12)14(17)18/h2-5,12-13,15-16H,6-9H2,1H3,(H,17,18). The Kier molecular flexibility index (Phi) is 4.97. The number of hydrogen-bond donors (Lipinski definition) is 3. The highest BCUT2D eigenvalue weighted by Crippen LogP contribution is 2.33. The van der Waals surface area contributed by atoms with E-state index in [0.717, 1.165) is 11.1 Å². The van der Waals surface area contributed by atoms with Gasteiger partial charge in [0.25, 0.3) is 10.2 Å². The predicted octanol–water partition coefficient (Wildman–Crippen LogP) is 1.03. The lowest BCUT2D eigenvalue weighted by Gasteiger charge is -2.32. The zero-order valence-electron chi connectivity index (χ0n) is 11.9. The summed E-state index contributed by atoms with van der Waals surface area (Å²) in [6, 6.07) is 7.61. The number of carboxylic acids is 1. The fourth-order valence-corrected chi connectivity index (χ4v) is 3.30. The van der Waals surface area contributed by atoms with Crippen molar-refractivity contribution in [2.24, 2.45) is 11.8 Å². The average Bonchev–Trinajstić information content (AvgIpc) is 2.34. The summed E-state index contributed by atoms with van der Waals surface area (Å²) in [5.41, 5.74) is 1.98. The highest BCUT2D eigenvalue weighted by atomic mass is 32.2. The van der Waals surface area contributed by atoms with Crippen LogP contribution in [0.4, 0.5) is 0 Å². The first-order valence-electron chi connectivity index (χ1n) is 6.88. The van der Waals surface area contributed by atoms with Gasteiger partial charge in [-0.1, -0.05) is 29.8 Å². The van der Waals surface area contributed by atoms with Crippen LogP contribution in [0.2, 0.25) is 0 Å². The molecule has 1 aliphatic carbocycles. The zero-order chi connectivity index (χ0) is 15.5. The first-order valence-corrected chi connectivity index (χ1v) is 8.36. The topological polar surface area (TPSA) is 95.5 Å². The van der Waals surface area contributed by atoms with Crippen LogP contribution < -0.4 is 9.44 Å². The summed E-state index contributed by atoms with van der Waals surface area (Å²) in [5.74, 6) is -1.01. The SMILES string of the molecule is Cc1cccc(CNS(=O)(=O)NCC2CC(C(=O)O)C2)c1. The van der Waals surface area contributed by atoms with E-state index in [1.807, 2.05) is 31.2 Å². The van der Waals surface area contributed by atoms with Crippen molar-refractivity contribution in [3.63, 3.8) is 0 Å². The second-order valence-electron chi connectivity index (χ2n) is 5.53. The van der Waals surface area contributed by atoms with E-state index in [1.165, 1.54) is 0 Å². The van der Waals surface area contributed by atoms with Crippen molar-refractivity contribution in [1.29, 1.82) is 0 Å². The summed E-state index contributed by atoms with van der Waals surface area (Å²) in [6.07, 6.45) is 1.07. The number of carboxylic acid groups (broad SMARTS) is 1. The predicted molar refractivity (Wildman–Crippen MR) is 78.8 cm³/mol. The van der Waals surface area contributed by atoms with E-state index in [9.17, 15) is 13.2 Å². The Labute approximate surface area is 124 Å². The number of hydrogen-bond acceptors (Lipinski definition) is 3. The van der Waals surface area contributed by atoms with Gasteiger partial charge in [0.15, 0.2) is 0 Å². The lowest BCUT2D eigenvalue weighted by Crippen LogP contribution is -2.42. The van der Waals surface area contributed by atoms with Crippen molar-refractivity contribution in [3.05, 3.63) is 35.4 Å². The highest BCUT2D eigenvalue weighted by molar-refractivity contribution is 7.87. The maximum Gasteiger partial charge on any atom is 0.306 e. The van der Waals surface area contributed by atoms with Gasteiger partial charge in [-0.3, -0.25) is 4.79 Å². The second-order valence-corrected chi connectivity index (χ2v) is 7.12. The highest BCUT2D eigenvalue weighted by Gasteiger charge is 2.34. The van der Waals surface area contributed by atoms with E-state index in [0.29, 0.717) is 12.8 Å². The third kappa shape index (κ3) is 4.80. The Bertz CT molecular complexity index is 609. The molecule has 0 amide bonds. The van der Waals surface area contributed by atoms with Gasteiger partial charge in [-0.05, 0) is 31.2 Å². The second kappa shape index (κ2) is 6.55. The Balaban J connectivity index is 1.74. The van der Waals surface area contributed by atoms with Crippen molar-refractivity contribution in [2.45, 2.75) is 26.3 Å². The maximum absolute atomic E-state index is 11.8. The maximum atomic E-state index is 11.8. The molecule has 0 radical (unpaired) electrons. The first-order chi connectivity index (χ1) is 9.85. The van der Waals surface area contributed by atoms with Gasteiger partial charge in [0.1, 0.15) is 0 Å². The third-order valence-corrected chi connectivity index (χ3v) is 4.77. The molecule has 3 N–H and O–H groups in total. The van der Waals surface area contributed by atoms with Crippen LogP contribution in [0.25, 0.3) is 0 Å². The summed E-state index contributed by atoms with van der Waals surface area (Å²) in [6.45, 7) is 2.47. The molecule has 1 aromatic rings. The first kappa shape index (κ1) is 15.9. The summed E-state index contributed by atoms with van der Waals surface area (Å²) < 4.78 is 28.6. The number of rotatable bonds is 7. The number of carbonyl (C=O) groups is 1. The fourth-order valence-electron chi connectivity index (χ4n) is 2.38. The fraction of sp³-hybridized carbons (Fsp3) is 0.500. The largest absolute Gasteiger partial charge is 0.481 e. The molecule has 0 saturated heterocycles. The molecule has 2 rings (SSSR count). The lowest BCUT2D eigenvalue weighted by molar-refractivity contribution is -0.146. The minimum Gasteiger partial charge on any atom is -0.481 e. The molecule has 1 aromatic carbocycles. The molecule has 6 nitrogen and oxygen atoms in total. The molecule has 0 aliphatic heterocycles. The van der Waals surface area contributed by atoms with Crippen molar-refractivity contribution in [3.8, 4) is 0 Å². The Morgan fingerprint density at radius 3 is 2.67 bits per heavy atom. The summed E-state index contributed by atoms with van der Waals surface area (Å²) in [7, 11) is -3.55. The molecule has 21 heavy (non-hydrogen) atoms. The number of aryl methyl sites for hydroxylation is 1. The average molecular weight is 312 g/mol. The van der Waals surface area contributed by atoms with Gasteiger partial charge in [0.2, 0.25) is 0 Å². The third-order valence-electron chi connectivity index (χ3n) is 3.70. The van der Waals surface area contributed by atoms with Crippen LogP contribution in [0.15, 0.2) is 24.3 Å². The van der Waals surface area contributed by atoms with Gasteiger partial charge in [0.05, 0.1) is 5.92 Å². The van der Waals surface area contributed by atoms with Crippen LogP contribution in [0, 0.1) is 18.8 Å². The van der Waals surface area contributed by atoms with Crippen LogP contribution in [-0.2, 0) is 21.5 Å². The van der Waals surface area contributed by atoms with Gasteiger partial charge in [-0.2, -0.15) is 13.1 Å². The van der Waals surface area contributed by atoms with E-state index in [-0.39, 0.29) is 24.9 Å². The molecule has 1 aliphatic rings. The van der Waals surface area contributed by atoms with Crippen molar-refractivity contribution in [1.82, 2.24) is 9.44 Å². The van der Waals surface area contributed by atoms with E-state index >= 15 is 0 Å². The van der Waals surface area contributed by atoms with Gasteiger partial charge in [-0.25, -0.2) is 4.72 Å². The summed E-state index contributed by atoms with van der Waals surface area (Å²) >= 11 is 0. The van der Waals surface area contributed by atoms with E-state index in [4.69, 9.17) is 5.11 Å². The molecule has 0 atom stereocenters. The molecule has 0 aromatic heterocycles. The van der Waals surface area contributed by atoms with E-state index in [2.05, 4.69) is 9.44 Å². The van der Waals surface area contributed by atoms with Gasteiger partial charge in [0, 0.05) is 13.1 Å². The number of aliphatic carboxylic acids is 1. The lowest BCUT2D eigenvalue weighted by atomic mass is 9.75. The van der Waals surface area contributed by atoms with Gasteiger partial charge < -0.3 is 5.11 Å². The van der Waals surface area contributed by atoms with Gasteiger partial charge >= 0.3 is 5.97 Å². The monoisotopic (exact) mass is 312 g/mol. The Morgan fingerprint density at radius 2 is 2.05 bits per heavy atom. The summed E-state index contributed by atoms with van der Waals surface area (Å²) in [4.78, 5) is 10.7. The molecule has 0 bridgehead atoms. The molecule has 7 heteroatoms. The van der Waals surface area contributed by atoms with Crippen LogP contribution >= 0.6 is 0 Å². The van der Waals surface area contributed by atoms with Crippen LogP contribution in [0.3, 0.4) is 0 Å². The quantitative estimate of drug-likeness (QED) is 0.701. The van der Waals surface area contributed by atoms with Crippen LogP contribution in [0.5, 0.6) is 0 Å². The molecular weight excluding hydrogens is 292 g/mol. The molecule has 0 unspecified atom stereocenters. The number of benzene rings is 1. The summed E-state index contributed by atoms with van der Waals surface area (Å²) in [5, 5.41) is 8.76. The molecule has 1 saturated carbocycles. The number of nitrogens with one attached hydrogen (secondary N) is 2. The minimum atomic E-state index is -3.55. The normalized spacial score (nSPS) is 21.8. The molecule has 0 spiro atoms. The Morgan fingerprint density at radius 1 is 1.33 bits per heavy atom. The van der Waals surface area contributed by atoms with Crippen molar-refractivity contribution in [2.75, 3.05) is 6.54 Å². The van der Waals surface area contributed by atoms with E-state index < -0.39 is 16.2 Å². The van der Waals surface area contributed by atoms with Crippen molar-refractivity contribution >= 4 is 16.2 Å². The Hall–Kier alpha value is -1.44. The minimum absolute atomic E-state index is 0.113.